The summed E-state index contributed by atoms with van der Waals surface area (Å²) in [6.07, 6.45) is -3.67. The van der Waals surface area contributed by atoms with E-state index >= 15 is 0 Å². The molecule has 0 amide bonds. The molecule has 0 saturated carbocycles. The molecule has 5 atom stereocenters. The molecule has 218 valence electrons. The molecule has 5 rings (SSSR count). The van der Waals surface area contributed by atoms with Crippen molar-refractivity contribution in [1.29, 1.82) is 0 Å². The average Bonchev–Trinajstić information content (AvgIpc) is 3.62. The van der Waals surface area contributed by atoms with Gasteiger partial charge in [-0.05, 0) is 23.5 Å². The Morgan fingerprint density at radius 1 is 1.17 bits per heavy atom. The van der Waals surface area contributed by atoms with Crippen LogP contribution in [-0.2, 0) is 38.5 Å². The normalized spacial score (nSPS) is 22.2. The third-order valence-corrected chi connectivity index (χ3v) is 8.17. The quantitative estimate of drug-likeness (QED) is 0.112. The van der Waals surface area contributed by atoms with E-state index in [-0.39, 0.29) is 24.8 Å². The van der Waals surface area contributed by atoms with Crippen molar-refractivity contribution in [3.63, 3.8) is 0 Å². The van der Waals surface area contributed by atoms with Gasteiger partial charge in [-0.1, -0.05) is 30.3 Å². The molecular formula is C24H29N8O8P. The third-order valence-electron chi connectivity index (χ3n) is 6.67. The molecule has 0 aliphatic carbocycles. The van der Waals surface area contributed by atoms with E-state index in [0.717, 1.165) is 5.56 Å². The first kappa shape index (κ1) is 28.8. The van der Waals surface area contributed by atoms with Crippen LogP contribution in [0.25, 0.3) is 11.2 Å². The predicted molar refractivity (Wildman–Crippen MR) is 144 cm³/mol. The average molecular weight is 589 g/mol. The fourth-order valence-electron chi connectivity index (χ4n) is 4.44. The van der Waals surface area contributed by atoms with Gasteiger partial charge in [0.15, 0.2) is 17.7 Å². The van der Waals surface area contributed by atoms with Gasteiger partial charge in [0.1, 0.15) is 42.0 Å². The number of aliphatic hydroxyl groups is 2. The summed E-state index contributed by atoms with van der Waals surface area (Å²) >= 11 is 0. The lowest BCUT2D eigenvalue weighted by Gasteiger charge is -2.22. The zero-order valence-electron chi connectivity index (χ0n) is 22.1. The molecule has 1 saturated heterocycles. The van der Waals surface area contributed by atoms with Crippen LogP contribution in [-0.4, -0.2) is 64.1 Å². The summed E-state index contributed by atoms with van der Waals surface area (Å²) < 4.78 is 33.7. The Balaban J connectivity index is 1.31. The van der Waals surface area contributed by atoms with Crippen molar-refractivity contribution in [1.82, 2.24) is 29.2 Å². The predicted octanol–water partition coefficient (Wildman–Crippen LogP) is 1.71. The van der Waals surface area contributed by atoms with Gasteiger partial charge >= 0.3 is 13.6 Å². The van der Waals surface area contributed by atoms with Crippen LogP contribution >= 0.6 is 7.75 Å². The molecule has 3 aromatic heterocycles. The smallest absolute Gasteiger partial charge is 0.387 e. The van der Waals surface area contributed by atoms with E-state index in [1.807, 2.05) is 30.3 Å². The van der Waals surface area contributed by atoms with Crippen LogP contribution in [0.15, 0.2) is 48.8 Å². The molecule has 1 aromatic carbocycles. The zero-order valence-corrected chi connectivity index (χ0v) is 23.0. The number of nitrogens with zero attached hydrogens (tertiary/aromatic N) is 6. The van der Waals surface area contributed by atoms with Crippen LogP contribution < -0.4 is 10.8 Å². The summed E-state index contributed by atoms with van der Waals surface area (Å²) in [7, 11) is -2.59. The first-order valence-electron chi connectivity index (χ1n) is 12.5. The molecule has 0 spiro atoms. The van der Waals surface area contributed by atoms with E-state index in [9.17, 15) is 24.9 Å². The van der Waals surface area contributed by atoms with Crippen LogP contribution in [0.5, 0.6) is 0 Å². The molecule has 5 N–H and O–H groups in total. The number of ether oxygens (including phenoxy) is 1. The number of nitro groups is 1. The SMILES string of the molecule is Cc1nc(N)c2ncn([C@@H]3O[C@H](COP(=O)(NCc4ccccc4)OCc4ccc([N+](=O)[O-])n4C)C(O)[C@H]3O)c2n1. The van der Waals surface area contributed by atoms with Crippen LogP contribution in [0.4, 0.5) is 11.6 Å². The van der Waals surface area contributed by atoms with Gasteiger partial charge in [0.05, 0.1) is 20.0 Å². The van der Waals surface area contributed by atoms with Crippen molar-refractivity contribution in [2.75, 3.05) is 12.3 Å². The van der Waals surface area contributed by atoms with Crippen molar-refractivity contribution in [2.24, 2.45) is 7.05 Å². The monoisotopic (exact) mass is 588 g/mol. The van der Waals surface area contributed by atoms with Crippen LogP contribution in [0.1, 0.15) is 23.3 Å². The van der Waals surface area contributed by atoms with Crippen molar-refractivity contribution in [3.05, 3.63) is 76.0 Å². The van der Waals surface area contributed by atoms with Gasteiger partial charge in [-0.3, -0.25) is 13.6 Å². The largest absolute Gasteiger partial charge is 0.406 e. The molecule has 4 aromatic rings. The Bertz CT molecular complexity index is 1600. The Labute approximate surface area is 233 Å². The summed E-state index contributed by atoms with van der Waals surface area (Å²) in [5.41, 5.74) is 7.74. The highest BCUT2D eigenvalue weighted by molar-refractivity contribution is 7.51. The van der Waals surface area contributed by atoms with Gasteiger partial charge in [0.25, 0.3) is 0 Å². The fraction of sp³-hybridized carbons (Fsp3) is 0.375. The number of hydrogen-bond donors (Lipinski definition) is 4. The van der Waals surface area contributed by atoms with Gasteiger partial charge in [-0.2, -0.15) is 0 Å². The van der Waals surface area contributed by atoms with Gasteiger partial charge in [-0.25, -0.2) is 29.2 Å². The van der Waals surface area contributed by atoms with Crippen molar-refractivity contribution in [3.8, 4) is 0 Å². The van der Waals surface area contributed by atoms with E-state index in [0.29, 0.717) is 22.7 Å². The second-order valence-electron chi connectivity index (χ2n) is 9.41. The molecule has 1 aliphatic heterocycles. The van der Waals surface area contributed by atoms with Crippen molar-refractivity contribution < 1.29 is 33.5 Å². The number of nitrogens with one attached hydrogen (secondary N) is 1. The van der Waals surface area contributed by atoms with Crippen LogP contribution in [0.2, 0.25) is 0 Å². The van der Waals surface area contributed by atoms with Gasteiger partial charge in [-0.15, -0.1) is 0 Å². The minimum atomic E-state index is -4.08. The van der Waals surface area contributed by atoms with E-state index in [1.165, 1.54) is 34.6 Å². The highest BCUT2D eigenvalue weighted by atomic mass is 31.2. The second-order valence-corrected chi connectivity index (χ2v) is 11.2. The molecular weight excluding hydrogens is 559 g/mol. The minimum Gasteiger partial charge on any atom is -0.387 e. The summed E-state index contributed by atoms with van der Waals surface area (Å²) in [6.45, 7) is 1.07. The molecule has 41 heavy (non-hydrogen) atoms. The standard InChI is InChI=1S/C24H29N8O8P/c1-14-28-22(25)19-23(29-14)31(13-26-19)24-21(34)20(33)17(40-24)12-39-41(37,27-10-15-6-4-3-5-7-15)38-11-16-8-9-18(30(16)2)32(35)36/h3-9,13,17,20-21,24,33-34H,10-12H2,1-2H3,(H,27,37)(H2,25,28,29)/t17-,20?,21-,24-,41?/m1/s1. The Hall–Kier alpha value is -3.76. The van der Waals surface area contributed by atoms with E-state index in [4.69, 9.17) is 19.5 Å². The summed E-state index contributed by atoms with van der Waals surface area (Å²) in [6, 6.07) is 11.9. The molecule has 1 aliphatic rings. The first-order valence-corrected chi connectivity index (χ1v) is 14.1. The van der Waals surface area contributed by atoms with Crippen LogP contribution in [0, 0.1) is 17.0 Å². The number of aryl methyl sites for hydroxylation is 1. The lowest BCUT2D eigenvalue weighted by atomic mass is 10.1. The molecule has 1 fully saturated rings. The topological polar surface area (TPSA) is 215 Å². The third kappa shape index (κ3) is 5.99. The summed E-state index contributed by atoms with van der Waals surface area (Å²) in [5, 5.41) is 35.5. The zero-order chi connectivity index (χ0) is 29.3. The Morgan fingerprint density at radius 2 is 1.93 bits per heavy atom. The number of anilines is 1. The second kappa shape index (κ2) is 11.6. The van der Waals surface area contributed by atoms with E-state index in [2.05, 4.69) is 20.0 Å². The van der Waals surface area contributed by atoms with Gasteiger partial charge in [0, 0.05) is 12.6 Å². The van der Waals surface area contributed by atoms with Gasteiger partial charge in [0.2, 0.25) is 0 Å². The first-order chi connectivity index (χ1) is 19.6. The molecule has 17 heteroatoms. The van der Waals surface area contributed by atoms with Crippen LogP contribution in [0.3, 0.4) is 0 Å². The maximum Gasteiger partial charge on any atom is 0.406 e. The number of benzene rings is 1. The Kier molecular flexibility index (Phi) is 8.15. The molecule has 16 nitrogen and oxygen atoms in total. The number of aliphatic hydroxyl groups excluding tert-OH is 2. The molecule has 0 bridgehead atoms. The van der Waals surface area contributed by atoms with Crippen molar-refractivity contribution >= 4 is 30.5 Å². The molecule has 4 heterocycles. The van der Waals surface area contributed by atoms with E-state index < -0.39 is 43.8 Å². The minimum absolute atomic E-state index is 0.117. The molecule has 2 unspecified atom stereocenters. The number of imidazole rings is 1. The number of nitrogens with two attached hydrogens (primary N) is 1. The summed E-state index contributed by atoms with van der Waals surface area (Å²) in [5.74, 6) is 0.384. The number of nitrogen functional groups attached to an aromatic ring is 1. The van der Waals surface area contributed by atoms with Crippen molar-refractivity contribution in [2.45, 2.75) is 44.6 Å². The number of hydrogen-bond acceptors (Lipinski definition) is 12. The highest BCUT2D eigenvalue weighted by Gasteiger charge is 2.45. The lowest BCUT2D eigenvalue weighted by Crippen LogP contribution is -2.34. The number of fused-ring (bicyclic) bond motifs is 1. The van der Waals surface area contributed by atoms with E-state index in [1.54, 1.807) is 6.92 Å². The Morgan fingerprint density at radius 3 is 2.63 bits per heavy atom. The highest BCUT2D eigenvalue weighted by Crippen LogP contribution is 2.46. The molecule has 0 radical (unpaired) electrons. The lowest BCUT2D eigenvalue weighted by molar-refractivity contribution is -0.391. The van der Waals surface area contributed by atoms with Gasteiger partial charge < -0.3 is 30.8 Å². The number of rotatable bonds is 11. The maximum atomic E-state index is 13.8. The number of aromatic nitrogens is 5. The fourth-order valence-corrected chi connectivity index (χ4v) is 5.72. The maximum absolute atomic E-state index is 13.8. The summed E-state index contributed by atoms with van der Waals surface area (Å²) in [4.78, 5) is 23.2.